The second kappa shape index (κ2) is 14.2. The lowest BCUT2D eigenvalue weighted by molar-refractivity contribution is -0.232. The number of hydrogen-bond acceptors (Lipinski definition) is 11. The Morgan fingerprint density at radius 2 is 1.59 bits per heavy atom. The Kier molecular flexibility index (Phi) is 11.3. The summed E-state index contributed by atoms with van der Waals surface area (Å²) in [4.78, 5) is 12.0. The highest BCUT2D eigenvalue weighted by Crippen LogP contribution is 2.38. The van der Waals surface area contributed by atoms with Crippen molar-refractivity contribution in [1.82, 2.24) is 10.6 Å². The summed E-state index contributed by atoms with van der Waals surface area (Å²) < 4.78 is 11.3. The highest BCUT2D eigenvalue weighted by molar-refractivity contribution is 5.74. The van der Waals surface area contributed by atoms with Crippen molar-refractivity contribution in [3.05, 3.63) is 58.1 Å². The van der Waals surface area contributed by atoms with Gasteiger partial charge in [-0.3, -0.25) is 0 Å². The second-order valence-electron chi connectivity index (χ2n) is 10.3. The fourth-order valence-electron chi connectivity index (χ4n) is 4.58. The molecule has 0 radical (unpaired) electrons. The van der Waals surface area contributed by atoms with Gasteiger partial charge >= 0.3 is 6.03 Å². The average Bonchev–Trinajstić information content (AvgIpc) is 2.96. The number of benzene rings is 2. The van der Waals surface area contributed by atoms with Crippen LogP contribution in [0.2, 0.25) is 0 Å². The molecular formula is C28H40N2O11. The van der Waals surface area contributed by atoms with Crippen LogP contribution in [0.3, 0.4) is 0 Å². The van der Waals surface area contributed by atoms with Crippen molar-refractivity contribution in [2.24, 2.45) is 0 Å². The van der Waals surface area contributed by atoms with Gasteiger partial charge in [0.2, 0.25) is 0 Å². The number of aromatic hydroxyl groups is 1. The molecule has 1 aliphatic heterocycles. The lowest BCUT2D eigenvalue weighted by atomic mass is 9.88. The first-order chi connectivity index (χ1) is 19.5. The van der Waals surface area contributed by atoms with E-state index in [0.717, 1.165) is 22.3 Å². The molecule has 5 atom stereocenters. The predicted molar refractivity (Wildman–Crippen MR) is 146 cm³/mol. The number of phenols is 1. The summed E-state index contributed by atoms with van der Waals surface area (Å²) in [6.45, 7) is 1.52. The maximum absolute atomic E-state index is 12.0. The topological polar surface area (TPSA) is 221 Å². The largest absolute Gasteiger partial charge is 0.508 e. The zero-order chi connectivity index (χ0) is 30.3. The molecule has 0 bridgehead atoms. The van der Waals surface area contributed by atoms with E-state index in [-0.39, 0.29) is 24.5 Å². The monoisotopic (exact) mass is 580 g/mol. The smallest absolute Gasteiger partial charge is 0.315 e. The molecule has 13 heteroatoms. The van der Waals surface area contributed by atoms with Crippen molar-refractivity contribution >= 4 is 6.03 Å². The minimum atomic E-state index is -1.57. The summed E-state index contributed by atoms with van der Waals surface area (Å²) in [5, 5.41) is 83.7. The molecule has 41 heavy (non-hydrogen) atoms. The molecule has 2 aromatic carbocycles. The Morgan fingerprint density at radius 3 is 2.20 bits per heavy atom. The van der Waals surface area contributed by atoms with Gasteiger partial charge < -0.3 is 61.0 Å². The van der Waals surface area contributed by atoms with Gasteiger partial charge in [0.05, 0.1) is 33.0 Å². The van der Waals surface area contributed by atoms with Crippen LogP contribution >= 0.6 is 0 Å². The number of amides is 2. The molecule has 0 spiro atoms. The standard InChI is InChI=1S/C28H40N2O11/c1-15-7-19(40-6-5-29-27(39)30-28(12-32,13-33)14-34)4-3-17(15)9-18-10-20(21(35)8-16(18)2)26-25(38)24(37)23(36)22(11-31)41-26/h3-4,7-8,10,22-26,31-38H,5-6,9,11-14H2,1-2H3,(H2,29,30,39)/t22-,23-,24+,25-,26+/m1/s1. The molecule has 2 amide bonds. The van der Waals surface area contributed by atoms with E-state index in [1.807, 2.05) is 26.0 Å². The summed E-state index contributed by atoms with van der Waals surface area (Å²) in [5.74, 6) is 0.418. The van der Waals surface area contributed by atoms with Gasteiger partial charge in [-0.2, -0.15) is 0 Å². The first kappa shape index (κ1) is 32.5. The van der Waals surface area contributed by atoms with Crippen molar-refractivity contribution < 1.29 is 55.1 Å². The Balaban J connectivity index is 1.64. The van der Waals surface area contributed by atoms with Crippen molar-refractivity contribution in [2.75, 3.05) is 39.6 Å². The highest BCUT2D eigenvalue weighted by Gasteiger charge is 2.44. The molecule has 13 nitrogen and oxygen atoms in total. The maximum atomic E-state index is 12.0. The fourth-order valence-corrected chi connectivity index (χ4v) is 4.58. The van der Waals surface area contributed by atoms with Gasteiger partial charge in [0.15, 0.2) is 0 Å². The maximum Gasteiger partial charge on any atom is 0.315 e. The normalized spacial score (nSPS) is 22.8. The molecule has 1 aliphatic rings. The minimum Gasteiger partial charge on any atom is -0.508 e. The number of nitrogens with one attached hydrogen (secondary N) is 2. The van der Waals surface area contributed by atoms with Gasteiger partial charge in [-0.15, -0.1) is 0 Å². The number of rotatable bonds is 12. The van der Waals surface area contributed by atoms with Crippen LogP contribution in [-0.2, 0) is 11.2 Å². The van der Waals surface area contributed by atoms with Crippen LogP contribution in [0, 0.1) is 13.8 Å². The Labute approximate surface area is 237 Å². The zero-order valence-corrected chi connectivity index (χ0v) is 23.0. The average molecular weight is 581 g/mol. The van der Waals surface area contributed by atoms with E-state index in [2.05, 4.69) is 10.6 Å². The number of ether oxygens (including phenoxy) is 2. The molecule has 0 aromatic heterocycles. The molecule has 10 N–H and O–H groups in total. The third-order valence-electron chi connectivity index (χ3n) is 7.32. The number of carbonyl (C=O) groups is 1. The van der Waals surface area contributed by atoms with Crippen LogP contribution in [0.5, 0.6) is 11.5 Å². The third kappa shape index (κ3) is 7.64. The molecule has 0 unspecified atom stereocenters. The quantitative estimate of drug-likeness (QED) is 0.130. The lowest BCUT2D eigenvalue weighted by Crippen LogP contribution is -2.59. The van der Waals surface area contributed by atoms with Crippen LogP contribution < -0.4 is 15.4 Å². The van der Waals surface area contributed by atoms with Crippen LogP contribution in [0.15, 0.2) is 30.3 Å². The molecule has 0 aliphatic carbocycles. The van der Waals surface area contributed by atoms with Crippen molar-refractivity contribution in [2.45, 2.75) is 56.3 Å². The highest BCUT2D eigenvalue weighted by atomic mass is 16.5. The fraction of sp³-hybridized carbons (Fsp3) is 0.536. The van der Waals surface area contributed by atoms with E-state index in [4.69, 9.17) is 9.47 Å². The van der Waals surface area contributed by atoms with Crippen molar-refractivity contribution in [3.63, 3.8) is 0 Å². The van der Waals surface area contributed by atoms with Gasteiger partial charge in [-0.1, -0.05) is 6.07 Å². The van der Waals surface area contributed by atoms with E-state index in [0.29, 0.717) is 12.2 Å². The Bertz CT molecular complexity index is 1160. The molecule has 0 saturated carbocycles. The van der Waals surface area contributed by atoms with Gasteiger partial charge in [-0.05, 0) is 66.8 Å². The van der Waals surface area contributed by atoms with Crippen LogP contribution in [-0.4, -0.2) is 116 Å². The number of aliphatic hydroxyl groups excluding tert-OH is 7. The summed E-state index contributed by atoms with van der Waals surface area (Å²) >= 11 is 0. The summed E-state index contributed by atoms with van der Waals surface area (Å²) in [7, 11) is 0. The van der Waals surface area contributed by atoms with Crippen molar-refractivity contribution in [3.8, 4) is 11.5 Å². The van der Waals surface area contributed by atoms with Crippen LogP contribution in [0.1, 0.15) is 33.9 Å². The van der Waals surface area contributed by atoms with Gasteiger partial charge in [0, 0.05) is 5.56 Å². The summed E-state index contributed by atoms with van der Waals surface area (Å²) in [5.41, 5.74) is 2.18. The zero-order valence-electron chi connectivity index (χ0n) is 23.0. The number of phenolic OH excluding ortho intramolecular Hbond substituents is 1. The first-order valence-electron chi connectivity index (χ1n) is 13.2. The number of aryl methyl sites for hydroxylation is 2. The molecule has 3 rings (SSSR count). The first-order valence-corrected chi connectivity index (χ1v) is 13.2. The second-order valence-corrected chi connectivity index (χ2v) is 10.3. The van der Waals surface area contributed by atoms with Crippen molar-refractivity contribution in [1.29, 1.82) is 0 Å². The Hall–Kier alpha value is -3.01. The van der Waals surface area contributed by atoms with Gasteiger partial charge in [0.1, 0.15) is 54.2 Å². The SMILES string of the molecule is Cc1cc(OCCNC(=O)NC(CO)(CO)CO)ccc1Cc1cc([C@@H]2O[C@H](CO)[C@@H](O)[C@H](O)[C@H]2O)c(O)cc1C. The predicted octanol–water partition coefficient (Wildman–Crippen LogP) is -1.49. The van der Waals surface area contributed by atoms with Gasteiger partial charge in [-0.25, -0.2) is 4.79 Å². The molecule has 1 heterocycles. The minimum absolute atomic E-state index is 0.123. The number of aliphatic hydroxyl groups is 7. The molecule has 2 aromatic rings. The lowest BCUT2D eigenvalue weighted by Gasteiger charge is -2.40. The third-order valence-corrected chi connectivity index (χ3v) is 7.32. The summed E-state index contributed by atoms with van der Waals surface area (Å²) in [6, 6.07) is 8.01. The number of urea groups is 1. The van der Waals surface area contributed by atoms with Gasteiger partial charge in [0.25, 0.3) is 0 Å². The number of carbonyl (C=O) groups excluding carboxylic acids is 1. The molecule has 228 valence electrons. The Morgan fingerprint density at radius 1 is 0.927 bits per heavy atom. The number of hydrogen-bond donors (Lipinski definition) is 10. The summed E-state index contributed by atoms with van der Waals surface area (Å²) in [6.07, 6.45) is -6.38. The molecule has 1 fully saturated rings. The van der Waals surface area contributed by atoms with E-state index in [1.54, 1.807) is 12.1 Å². The van der Waals surface area contributed by atoms with E-state index < -0.39 is 68.5 Å². The van der Waals surface area contributed by atoms with E-state index in [9.17, 15) is 45.6 Å². The van der Waals surface area contributed by atoms with Crippen LogP contribution in [0.4, 0.5) is 4.79 Å². The molecular weight excluding hydrogens is 540 g/mol. The van der Waals surface area contributed by atoms with Crippen LogP contribution in [0.25, 0.3) is 0 Å². The van der Waals surface area contributed by atoms with E-state index in [1.165, 1.54) is 6.07 Å². The van der Waals surface area contributed by atoms with E-state index >= 15 is 0 Å². The molecule has 1 saturated heterocycles.